The van der Waals surface area contributed by atoms with E-state index in [9.17, 15) is 36.3 Å². The molecule has 3 N–H and O–H groups in total. The van der Waals surface area contributed by atoms with Crippen molar-refractivity contribution >= 4 is 38.9 Å². The number of amides is 2. The SMILES string of the molecule is O=C(C[C@]1(O)C2CCC1C[C@@H](S(=O)(=O)c1cc(C(=O)Nc3cc(F)c(F)c(F)c3)ccc1Cl)C2)NC1COC1. The Morgan fingerprint density at radius 1 is 1.05 bits per heavy atom. The number of ether oxygens (including phenoxy) is 1. The third-order valence-corrected chi connectivity index (χ3v) is 10.7. The van der Waals surface area contributed by atoms with Crippen LogP contribution in [0.25, 0.3) is 0 Å². The lowest BCUT2D eigenvalue weighted by Crippen LogP contribution is -2.54. The zero-order valence-electron chi connectivity index (χ0n) is 20.6. The van der Waals surface area contributed by atoms with Crippen LogP contribution >= 0.6 is 11.6 Å². The molecule has 2 aromatic rings. The summed E-state index contributed by atoms with van der Waals surface area (Å²) in [6.07, 6.45) is 1.28. The molecule has 1 heterocycles. The molecule has 3 fully saturated rings. The summed E-state index contributed by atoms with van der Waals surface area (Å²) in [6, 6.07) is 4.69. The normalized spacial score (nSPS) is 26.6. The van der Waals surface area contributed by atoms with Gasteiger partial charge in [0.25, 0.3) is 5.91 Å². The summed E-state index contributed by atoms with van der Waals surface area (Å²) in [5.74, 6) is -6.67. The van der Waals surface area contributed by atoms with Crippen molar-refractivity contribution in [2.75, 3.05) is 18.5 Å². The number of fused-ring (bicyclic) bond motifs is 2. The maximum absolute atomic E-state index is 13.7. The Balaban J connectivity index is 1.33. The van der Waals surface area contributed by atoms with Crippen molar-refractivity contribution in [2.24, 2.45) is 11.8 Å². The van der Waals surface area contributed by atoms with Crippen molar-refractivity contribution < 1.29 is 41.0 Å². The molecule has 0 aromatic heterocycles. The van der Waals surface area contributed by atoms with Crippen LogP contribution in [0.15, 0.2) is 35.2 Å². The maximum atomic E-state index is 13.7. The molecule has 2 bridgehead atoms. The molecule has 0 spiro atoms. The molecule has 210 valence electrons. The number of aliphatic hydroxyl groups is 1. The van der Waals surface area contributed by atoms with Crippen LogP contribution in [0, 0.1) is 29.3 Å². The Hall–Kier alpha value is -2.67. The molecule has 3 aliphatic rings. The predicted octanol–water partition coefficient (Wildman–Crippen LogP) is 3.61. The zero-order chi connectivity index (χ0) is 28.1. The predicted molar refractivity (Wildman–Crippen MR) is 134 cm³/mol. The molecular formula is C26H26ClF3N2O6S. The minimum atomic E-state index is -4.07. The van der Waals surface area contributed by atoms with E-state index >= 15 is 0 Å². The van der Waals surface area contributed by atoms with Gasteiger partial charge >= 0.3 is 0 Å². The van der Waals surface area contributed by atoms with E-state index in [2.05, 4.69) is 10.6 Å². The van der Waals surface area contributed by atoms with Gasteiger partial charge in [0.15, 0.2) is 27.3 Å². The smallest absolute Gasteiger partial charge is 0.255 e. The first-order chi connectivity index (χ1) is 18.4. The molecule has 2 aliphatic carbocycles. The van der Waals surface area contributed by atoms with Crippen molar-refractivity contribution in [2.45, 2.75) is 53.9 Å². The number of hydrogen-bond acceptors (Lipinski definition) is 6. The molecule has 8 nitrogen and oxygen atoms in total. The van der Waals surface area contributed by atoms with Gasteiger partial charge in [-0.3, -0.25) is 9.59 Å². The van der Waals surface area contributed by atoms with E-state index in [-0.39, 0.29) is 52.4 Å². The Morgan fingerprint density at radius 3 is 2.23 bits per heavy atom. The van der Waals surface area contributed by atoms with Crippen molar-refractivity contribution in [3.8, 4) is 0 Å². The molecule has 13 heteroatoms. The Bertz CT molecular complexity index is 1400. The van der Waals surface area contributed by atoms with Crippen LogP contribution in [-0.4, -0.2) is 55.4 Å². The van der Waals surface area contributed by atoms with Gasteiger partial charge in [0.2, 0.25) is 5.91 Å². The lowest BCUT2D eigenvalue weighted by Gasteiger charge is -2.42. The Morgan fingerprint density at radius 2 is 1.67 bits per heavy atom. The second-order valence-corrected chi connectivity index (χ2v) is 13.0. The van der Waals surface area contributed by atoms with Gasteiger partial charge < -0.3 is 20.5 Å². The van der Waals surface area contributed by atoms with Crippen molar-refractivity contribution in [1.29, 1.82) is 0 Å². The number of carbonyl (C=O) groups is 2. The fraction of sp³-hybridized carbons (Fsp3) is 0.462. The van der Waals surface area contributed by atoms with Gasteiger partial charge in [-0.2, -0.15) is 0 Å². The van der Waals surface area contributed by atoms with E-state index in [0.29, 0.717) is 38.2 Å². The van der Waals surface area contributed by atoms with Crippen molar-refractivity contribution in [3.05, 3.63) is 58.4 Å². The molecule has 1 aliphatic heterocycles. The first kappa shape index (κ1) is 27.9. The average Bonchev–Trinajstić information content (AvgIpc) is 3.00. The molecule has 2 saturated carbocycles. The Kier molecular flexibility index (Phi) is 7.42. The highest BCUT2D eigenvalue weighted by Gasteiger charge is 2.56. The standard InChI is InChI=1S/C26H26ClF3N2O6S/c27-19-4-1-13(25(34)32-16-8-20(28)24(30)21(29)9-16)5-22(19)39(36,37)18-6-14-2-3-15(7-18)26(14,35)10-23(33)31-17-11-38-12-17/h1,4-5,8-9,14-15,17-18,35H,2-3,6-7,10-12H2,(H,31,33)(H,32,34)/t14?,15?,18-,26-. The number of halogens is 4. The van der Waals surface area contributed by atoms with Crippen molar-refractivity contribution in [3.63, 3.8) is 0 Å². The lowest BCUT2D eigenvalue weighted by molar-refractivity contribution is -0.136. The summed E-state index contributed by atoms with van der Waals surface area (Å²) in [4.78, 5) is 24.9. The van der Waals surface area contributed by atoms with Crippen molar-refractivity contribution in [1.82, 2.24) is 5.32 Å². The summed E-state index contributed by atoms with van der Waals surface area (Å²) in [5.41, 5.74) is -1.81. The summed E-state index contributed by atoms with van der Waals surface area (Å²) in [7, 11) is -4.07. The number of rotatable bonds is 7. The average molecular weight is 587 g/mol. The van der Waals surface area contributed by atoms with Gasteiger partial charge in [0.05, 0.1) is 46.4 Å². The van der Waals surface area contributed by atoms with Crippen LogP contribution in [0.5, 0.6) is 0 Å². The van der Waals surface area contributed by atoms with Gasteiger partial charge in [-0.15, -0.1) is 0 Å². The molecule has 2 amide bonds. The topological polar surface area (TPSA) is 122 Å². The largest absolute Gasteiger partial charge is 0.389 e. The number of sulfone groups is 1. The highest BCUT2D eigenvalue weighted by molar-refractivity contribution is 7.92. The molecular weight excluding hydrogens is 561 g/mol. The van der Waals surface area contributed by atoms with Gasteiger partial charge in [0, 0.05) is 23.4 Å². The van der Waals surface area contributed by atoms with Gasteiger partial charge in [-0.1, -0.05) is 11.6 Å². The van der Waals surface area contributed by atoms with Crippen LogP contribution in [0.2, 0.25) is 5.02 Å². The number of carbonyl (C=O) groups excluding carboxylic acids is 2. The number of nitrogens with one attached hydrogen (secondary N) is 2. The molecule has 0 radical (unpaired) electrons. The number of hydrogen-bond donors (Lipinski definition) is 3. The second-order valence-electron chi connectivity index (χ2n) is 10.4. The fourth-order valence-electron chi connectivity index (χ4n) is 5.88. The monoisotopic (exact) mass is 586 g/mol. The van der Waals surface area contributed by atoms with Crippen LogP contribution in [0.1, 0.15) is 42.5 Å². The molecule has 2 aromatic carbocycles. The lowest BCUT2D eigenvalue weighted by atomic mass is 9.72. The molecule has 5 rings (SSSR count). The second kappa shape index (κ2) is 10.4. The summed E-state index contributed by atoms with van der Waals surface area (Å²) < 4.78 is 72.7. The zero-order valence-corrected chi connectivity index (χ0v) is 22.1. The molecule has 2 atom stereocenters. The molecule has 2 unspecified atom stereocenters. The van der Waals surface area contributed by atoms with E-state index in [1.807, 2.05) is 0 Å². The minimum absolute atomic E-state index is 0.0804. The van der Waals surface area contributed by atoms with Gasteiger partial charge in [-0.25, -0.2) is 21.6 Å². The third kappa shape index (κ3) is 5.27. The molecule has 1 saturated heterocycles. The minimum Gasteiger partial charge on any atom is -0.389 e. The molecule has 39 heavy (non-hydrogen) atoms. The first-order valence-corrected chi connectivity index (χ1v) is 14.4. The van der Waals surface area contributed by atoms with E-state index in [0.717, 1.165) is 6.07 Å². The van der Waals surface area contributed by atoms with Crippen LogP contribution in [0.3, 0.4) is 0 Å². The van der Waals surface area contributed by atoms with E-state index < -0.39 is 55.9 Å². The van der Waals surface area contributed by atoms with Crippen LogP contribution < -0.4 is 10.6 Å². The Labute approximate surface area is 227 Å². The van der Waals surface area contributed by atoms with E-state index in [4.69, 9.17) is 16.3 Å². The highest BCUT2D eigenvalue weighted by Crippen LogP contribution is 2.53. The van der Waals surface area contributed by atoms with Crippen LogP contribution in [0.4, 0.5) is 18.9 Å². The highest BCUT2D eigenvalue weighted by atomic mass is 35.5. The van der Waals surface area contributed by atoms with Crippen LogP contribution in [-0.2, 0) is 19.4 Å². The third-order valence-electron chi connectivity index (χ3n) is 8.00. The van der Waals surface area contributed by atoms with Gasteiger partial charge in [-0.05, 0) is 55.7 Å². The van der Waals surface area contributed by atoms with E-state index in [1.165, 1.54) is 12.1 Å². The number of benzene rings is 2. The summed E-state index contributed by atoms with van der Waals surface area (Å²) in [6.45, 7) is 0.847. The fourth-order valence-corrected chi connectivity index (χ4v) is 8.28. The summed E-state index contributed by atoms with van der Waals surface area (Å²) in [5, 5.41) is 15.5. The maximum Gasteiger partial charge on any atom is 0.255 e. The first-order valence-electron chi connectivity index (χ1n) is 12.5. The summed E-state index contributed by atoms with van der Waals surface area (Å²) >= 11 is 6.24. The van der Waals surface area contributed by atoms with E-state index in [1.54, 1.807) is 0 Å². The van der Waals surface area contributed by atoms with Gasteiger partial charge in [0.1, 0.15) is 0 Å². The number of anilines is 1. The quantitative estimate of drug-likeness (QED) is 0.426.